The number of carbonyl (C=O) groups is 6. The molecular formula is C37H77O16+. The van der Waals surface area contributed by atoms with Crippen LogP contribution in [0.15, 0.2) is 12.2 Å². The van der Waals surface area contributed by atoms with Gasteiger partial charge < -0.3 is 49.6 Å². The molecule has 0 radical (unpaired) electrons. The van der Waals surface area contributed by atoms with E-state index in [0.29, 0.717) is 32.0 Å². The zero-order valence-electron chi connectivity index (χ0n) is 31.8. The molecule has 16 heteroatoms. The molecule has 3 fully saturated rings. The van der Waals surface area contributed by atoms with Crippen LogP contribution in [-0.4, -0.2) is 128 Å². The van der Waals surface area contributed by atoms with Crippen LogP contribution < -0.4 is 0 Å². The Morgan fingerprint density at radius 2 is 1.43 bits per heavy atom. The molecule has 320 valence electrons. The second kappa shape index (κ2) is 41.5. The van der Waals surface area contributed by atoms with Crippen molar-refractivity contribution in [2.75, 3.05) is 67.1 Å². The Balaban J connectivity index is -0.0000000653. The molecule has 0 saturated carbocycles. The Labute approximate surface area is 320 Å². The number of hydrogen-bond acceptors (Lipinski definition) is 15. The van der Waals surface area contributed by atoms with Gasteiger partial charge >= 0.3 is 25.3 Å². The molecule has 3 rings (SSSR count). The van der Waals surface area contributed by atoms with Gasteiger partial charge in [-0.3, -0.25) is 24.0 Å². The number of Topliss-reactive ketones (excluding diaryl/α,β-unsaturated/α-hetero) is 2. The first-order chi connectivity index (χ1) is 23.0. The van der Waals surface area contributed by atoms with E-state index in [0.717, 1.165) is 25.6 Å². The smallest absolute Gasteiger partial charge is 0.469 e. The quantitative estimate of drug-likeness (QED) is 0.134. The van der Waals surface area contributed by atoms with Crippen LogP contribution in [0.1, 0.15) is 98.3 Å². The third-order valence-corrected chi connectivity index (χ3v) is 6.71. The zero-order chi connectivity index (χ0) is 38.4. The molecule has 0 amide bonds. The number of carbonyl (C=O) groups excluding carboxylic acids is 6. The van der Waals surface area contributed by atoms with Gasteiger partial charge in [0.25, 0.3) is 0 Å². The first kappa shape index (κ1) is 64.7. The van der Waals surface area contributed by atoms with E-state index in [2.05, 4.69) is 32.5 Å². The summed E-state index contributed by atoms with van der Waals surface area (Å²) in [6.07, 6.45) is 3.38. The number of aliphatic hydroxyl groups is 4. The van der Waals surface area contributed by atoms with Crippen molar-refractivity contribution >= 4 is 35.4 Å². The van der Waals surface area contributed by atoms with Crippen molar-refractivity contribution in [2.24, 2.45) is 29.6 Å². The van der Waals surface area contributed by atoms with Crippen molar-refractivity contribution in [3.63, 3.8) is 0 Å². The Morgan fingerprint density at radius 3 is 1.66 bits per heavy atom. The number of rotatable bonds is 11. The molecule has 0 aromatic heterocycles. The van der Waals surface area contributed by atoms with Gasteiger partial charge in [-0.25, -0.2) is 4.79 Å². The normalized spacial score (nSPS) is 18.2. The van der Waals surface area contributed by atoms with Crippen LogP contribution >= 0.6 is 0 Å². The minimum Gasteiger partial charge on any atom is -0.469 e. The highest BCUT2D eigenvalue weighted by Gasteiger charge is 2.20. The van der Waals surface area contributed by atoms with Crippen LogP contribution in [0.25, 0.3) is 0 Å². The number of hydrogen-bond donors (Lipinski definition) is 4. The van der Waals surface area contributed by atoms with Gasteiger partial charge in [-0.2, -0.15) is 0 Å². The summed E-state index contributed by atoms with van der Waals surface area (Å²) in [7, 11) is 2.47. The zero-order valence-corrected chi connectivity index (χ0v) is 30.8. The molecule has 0 bridgehead atoms. The minimum atomic E-state index is -0.619. The molecule has 3 aliphatic heterocycles. The predicted octanol–water partition coefficient (Wildman–Crippen LogP) is 3.04. The van der Waals surface area contributed by atoms with Crippen LogP contribution in [-0.2, 0) is 52.5 Å². The van der Waals surface area contributed by atoms with Gasteiger partial charge in [0.2, 0.25) is 0 Å². The molecule has 0 aliphatic carbocycles. The Bertz CT molecular complexity index is 975. The first-order valence-electron chi connectivity index (χ1n) is 16.2. The summed E-state index contributed by atoms with van der Waals surface area (Å²) in [6.45, 7) is 15.4. The third kappa shape index (κ3) is 39.8. The number of ether oxygens (including phenoxy) is 5. The molecule has 5 unspecified atom stereocenters. The molecule has 0 aromatic carbocycles. The topological polar surface area (TPSA) is 261 Å². The molecule has 3 saturated heterocycles. The minimum absolute atomic E-state index is 0. The van der Waals surface area contributed by atoms with Gasteiger partial charge in [0.1, 0.15) is 13.2 Å². The fourth-order valence-corrected chi connectivity index (χ4v) is 3.40. The van der Waals surface area contributed by atoms with E-state index in [1.54, 1.807) is 6.92 Å². The Hall–Kier alpha value is -3.28. The lowest BCUT2D eigenvalue weighted by molar-refractivity contribution is -0.146. The second-order valence-electron chi connectivity index (χ2n) is 11.9. The summed E-state index contributed by atoms with van der Waals surface area (Å²) in [5.74, 6) is -0.698. The largest absolute Gasteiger partial charge is 1.00 e. The number of cyclic esters (lactones) is 2. The van der Waals surface area contributed by atoms with E-state index in [4.69, 9.17) is 25.2 Å². The summed E-state index contributed by atoms with van der Waals surface area (Å²) in [5, 5.41) is 33.2. The summed E-state index contributed by atoms with van der Waals surface area (Å²) >= 11 is 0. The van der Waals surface area contributed by atoms with E-state index < -0.39 is 36.9 Å². The van der Waals surface area contributed by atoms with Crippen LogP contribution in [0.5, 0.6) is 0 Å². The van der Waals surface area contributed by atoms with E-state index in [1.807, 2.05) is 20.8 Å². The SMILES string of the molecule is C.C.C.C=C(CC(=O)CO)C(=O)OC.CC(CO)CCO.CC1CCOC1.CC1CCOC1=O.CC1COC(=O)C1.COC(=O)C(C)CC(=O)CO.O.[H+].[HH]. The fourth-order valence-electron chi connectivity index (χ4n) is 3.40. The van der Waals surface area contributed by atoms with E-state index in [-0.39, 0.29) is 91.8 Å². The van der Waals surface area contributed by atoms with Crippen LogP contribution in [0.3, 0.4) is 0 Å². The van der Waals surface area contributed by atoms with Gasteiger partial charge in [0.05, 0.1) is 45.7 Å². The van der Waals surface area contributed by atoms with Gasteiger partial charge in [-0.1, -0.05) is 63.5 Å². The maximum absolute atomic E-state index is 10.7. The maximum Gasteiger partial charge on any atom is 1.00 e. The highest BCUT2D eigenvalue weighted by atomic mass is 16.5. The number of methoxy groups -OCH3 is 2. The Kier molecular flexibility index (Phi) is 50.6. The molecule has 0 spiro atoms. The molecule has 6 N–H and O–H groups in total. The molecule has 0 aromatic rings. The van der Waals surface area contributed by atoms with Crippen LogP contribution in [0.4, 0.5) is 0 Å². The Morgan fingerprint density at radius 1 is 0.868 bits per heavy atom. The average molecular weight is 778 g/mol. The highest BCUT2D eigenvalue weighted by Crippen LogP contribution is 2.12. The summed E-state index contributed by atoms with van der Waals surface area (Å²) in [4.78, 5) is 63.0. The molecule has 3 aliphatic rings. The van der Waals surface area contributed by atoms with Gasteiger partial charge in [0, 0.05) is 52.2 Å². The van der Waals surface area contributed by atoms with Crippen molar-refractivity contribution < 1.29 is 81.2 Å². The lowest BCUT2D eigenvalue weighted by atomic mass is 10.1. The van der Waals surface area contributed by atoms with E-state index in [9.17, 15) is 28.8 Å². The summed E-state index contributed by atoms with van der Waals surface area (Å²) in [5.41, 5.74) is 0.0616. The summed E-state index contributed by atoms with van der Waals surface area (Å²) < 4.78 is 23.0. The predicted molar refractivity (Wildman–Crippen MR) is 205 cm³/mol. The van der Waals surface area contributed by atoms with Crippen LogP contribution in [0, 0.1) is 29.6 Å². The average Bonchev–Trinajstić information content (AvgIpc) is 3.83. The van der Waals surface area contributed by atoms with Gasteiger partial charge in [0.15, 0.2) is 11.6 Å². The fraction of sp³-hybridized carbons (Fsp3) is 0.784. The van der Waals surface area contributed by atoms with Gasteiger partial charge in [-0.05, 0) is 31.1 Å². The number of ketones is 2. The van der Waals surface area contributed by atoms with Crippen molar-refractivity contribution in [3.05, 3.63) is 12.2 Å². The highest BCUT2D eigenvalue weighted by molar-refractivity contribution is 5.95. The van der Waals surface area contributed by atoms with Crippen LogP contribution in [0.2, 0.25) is 0 Å². The lowest BCUT2D eigenvalue weighted by Crippen LogP contribution is -2.18. The van der Waals surface area contributed by atoms with E-state index >= 15 is 0 Å². The number of aliphatic hydroxyl groups excluding tert-OH is 4. The van der Waals surface area contributed by atoms with Crippen molar-refractivity contribution in [2.45, 2.75) is 95.4 Å². The third-order valence-electron chi connectivity index (χ3n) is 6.71. The summed E-state index contributed by atoms with van der Waals surface area (Å²) in [6, 6.07) is 0. The van der Waals surface area contributed by atoms with Crippen molar-refractivity contribution in [1.82, 2.24) is 0 Å². The standard InChI is InChI=1S/C7H12O4.C7H10O4.2C5H8O2.C5H12O2.C5H10O.3CH4.H2O.H2/c2*1-5(7(10)11-2)3-6(9)4-8;1-4-2-5(6)7-3-4;1-4-2-3-7-5(4)6;1-5(4-7)2-3-6;1-5-2-3-6-4-5;;;;;/h5,8H,3-4H2,1-2H3;8H,1,3-4H2,2H3;2*4H,2-3H2,1H3;5-7H,2-4H2,1H3;5H,2-4H2,1H3;3*1H4;1H2;1H/p+1. The van der Waals surface area contributed by atoms with Gasteiger partial charge in [-0.15, -0.1) is 0 Å². The molecule has 16 nitrogen and oxygen atoms in total. The van der Waals surface area contributed by atoms with Crippen molar-refractivity contribution in [1.29, 1.82) is 0 Å². The molecule has 3 heterocycles. The molecule has 5 atom stereocenters. The lowest BCUT2D eigenvalue weighted by Gasteiger charge is -2.05. The second-order valence-corrected chi connectivity index (χ2v) is 11.9. The number of esters is 4. The first-order valence-corrected chi connectivity index (χ1v) is 16.2. The molecule has 53 heavy (non-hydrogen) atoms. The van der Waals surface area contributed by atoms with E-state index in [1.165, 1.54) is 20.6 Å². The van der Waals surface area contributed by atoms with Crippen molar-refractivity contribution in [3.8, 4) is 0 Å². The molecular weight excluding hydrogens is 700 g/mol. The maximum atomic E-state index is 10.7. The monoisotopic (exact) mass is 778 g/mol.